The summed E-state index contributed by atoms with van der Waals surface area (Å²) in [5.41, 5.74) is 3.59. The van der Waals surface area contributed by atoms with Gasteiger partial charge in [0.2, 0.25) is 0 Å². The van der Waals surface area contributed by atoms with Crippen LogP contribution in [-0.2, 0) is 12.3 Å². The van der Waals surface area contributed by atoms with E-state index in [0.29, 0.717) is 6.54 Å². The number of thioether (sulfide) groups is 1. The van der Waals surface area contributed by atoms with Gasteiger partial charge in [-0.05, 0) is 61.7 Å². The highest BCUT2D eigenvalue weighted by Crippen LogP contribution is 2.28. The smallest absolute Gasteiger partial charge is 0.191 e. The van der Waals surface area contributed by atoms with Gasteiger partial charge in [-0.15, -0.1) is 16.8 Å². The second kappa shape index (κ2) is 9.43. The number of nitrogens with zero attached hydrogens (tertiary/aromatic N) is 3. The summed E-state index contributed by atoms with van der Waals surface area (Å²) in [5, 5.41) is 9.69. The van der Waals surface area contributed by atoms with E-state index in [-0.39, 0.29) is 6.10 Å². The van der Waals surface area contributed by atoms with Gasteiger partial charge in [0.05, 0.1) is 0 Å². The zero-order valence-electron chi connectivity index (χ0n) is 16.4. The average molecular weight is 458 g/mol. The fourth-order valence-corrected chi connectivity index (χ4v) is 4.39. The number of ether oxygens (including phenoxy) is 1. The van der Waals surface area contributed by atoms with E-state index in [1.807, 2.05) is 37.3 Å². The molecule has 0 amide bonds. The highest BCUT2D eigenvalue weighted by atomic mass is 79.9. The van der Waals surface area contributed by atoms with Gasteiger partial charge in [0.15, 0.2) is 17.1 Å². The summed E-state index contributed by atoms with van der Waals surface area (Å²) in [4.78, 5) is 0. The summed E-state index contributed by atoms with van der Waals surface area (Å²) in [5.74, 6) is 2.47. The van der Waals surface area contributed by atoms with Crippen molar-refractivity contribution in [3.63, 3.8) is 0 Å². The van der Waals surface area contributed by atoms with Crippen molar-refractivity contribution in [1.29, 1.82) is 0 Å². The Kier molecular flexibility index (Phi) is 6.97. The highest BCUT2D eigenvalue weighted by Gasteiger charge is 2.19. The van der Waals surface area contributed by atoms with E-state index >= 15 is 0 Å². The van der Waals surface area contributed by atoms with Gasteiger partial charge in [0, 0.05) is 16.8 Å². The molecule has 1 aromatic heterocycles. The van der Waals surface area contributed by atoms with Gasteiger partial charge in [-0.25, -0.2) is 0 Å². The van der Waals surface area contributed by atoms with Crippen LogP contribution in [0.5, 0.6) is 5.75 Å². The van der Waals surface area contributed by atoms with Crippen molar-refractivity contribution in [3.05, 3.63) is 82.1 Å². The fraction of sp³-hybridized carbons (Fsp3) is 0.273. The SMILES string of the molecule is C=CCn1c(SCc2cccc(Br)c2)nnc1C(C)Oc1cc(C)cc(C)c1. The molecule has 0 saturated heterocycles. The third-order valence-corrected chi connectivity index (χ3v) is 5.72. The van der Waals surface area contributed by atoms with Gasteiger partial charge in [-0.2, -0.15) is 0 Å². The Hall–Kier alpha value is -2.05. The lowest BCUT2D eigenvalue weighted by molar-refractivity contribution is 0.210. The van der Waals surface area contributed by atoms with E-state index in [9.17, 15) is 0 Å². The van der Waals surface area contributed by atoms with E-state index in [1.165, 1.54) is 16.7 Å². The molecule has 6 heteroatoms. The third-order valence-electron chi connectivity index (χ3n) is 4.19. The van der Waals surface area contributed by atoms with Crippen LogP contribution in [0.2, 0.25) is 0 Å². The summed E-state index contributed by atoms with van der Waals surface area (Å²) in [7, 11) is 0. The lowest BCUT2D eigenvalue weighted by Crippen LogP contribution is -2.12. The number of halogens is 1. The first-order valence-corrected chi connectivity index (χ1v) is 10.9. The number of hydrogen-bond acceptors (Lipinski definition) is 4. The van der Waals surface area contributed by atoms with Crippen molar-refractivity contribution in [3.8, 4) is 5.75 Å². The molecule has 0 fully saturated rings. The predicted octanol–water partition coefficient (Wildman–Crippen LogP) is 6.28. The van der Waals surface area contributed by atoms with Gasteiger partial charge in [-0.3, -0.25) is 4.57 Å². The molecule has 0 spiro atoms. The van der Waals surface area contributed by atoms with E-state index in [1.54, 1.807) is 11.8 Å². The predicted molar refractivity (Wildman–Crippen MR) is 119 cm³/mol. The number of allylic oxidation sites excluding steroid dienone is 1. The number of hydrogen-bond donors (Lipinski definition) is 0. The number of rotatable bonds is 8. The lowest BCUT2D eigenvalue weighted by atomic mass is 10.1. The van der Waals surface area contributed by atoms with Gasteiger partial charge in [-0.1, -0.05) is 52.0 Å². The zero-order chi connectivity index (χ0) is 20.1. The van der Waals surface area contributed by atoms with Gasteiger partial charge in [0.25, 0.3) is 0 Å². The summed E-state index contributed by atoms with van der Waals surface area (Å²) >= 11 is 5.18. The molecule has 28 heavy (non-hydrogen) atoms. The van der Waals surface area contributed by atoms with Crippen LogP contribution in [0.15, 0.2) is 64.7 Å². The standard InChI is InChI=1S/C22H24BrN3OS/c1-5-9-26-21(17(4)27-20-11-15(2)10-16(3)12-20)24-25-22(26)28-14-18-7-6-8-19(23)13-18/h5-8,10-13,17H,1,9,14H2,2-4H3. The van der Waals surface area contributed by atoms with E-state index in [0.717, 1.165) is 27.0 Å². The molecule has 1 atom stereocenters. The van der Waals surface area contributed by atoms with Crippen LogP contribution >= 0.6 is 27.7 Å². The summed E-state index contributed by atoms with van der Waals surface area (Å²) in [6.45, 7) is 10.7. The Morgan fingerprint density at radius 1 is 1.18 bits per heavy atom. The molecule has 0 N–H and O–H groups in total. The maximum Gasteiger partial charge on any atom is 0.191 e. The minimum Gasteiger partial charge on any atom is -0.483 e. The van der Waals surface area contributed by atoms with Crippen molar-refractivity contribution in [2.24, 2.45) is 0 Å². The van der Waals surface area contributed by atoms with Gasteiger partial charge >= 0.3 is 0 Å². The lowest BCUT2D eigenvalue weighted by Gasteiger charge is -2.16. The van der Waals surface area contributed by atoms with Crippen LogP contribution in [-0.4, -0.2) is 14.8 Å². The molecule has 0 saturated carbocycles. The monoisotopic (exact) mass is 457 g/mol. The van der Waals surface area contributed by atoms with Crippen LogP contribution in [0, 0.1) is 13.8 Å². The molecule has 0 bridgehead atoms. The maximum atomic E-state index is 6.17. The van der Waals surface area contributed by atoms with Crippen molar-refractivity contribution in [2.45, 2.75) is 44.3 Å². The van der Waals surface area contributed by atoms with Crippen LogP contribution in [0.1, 0.15) is 35.5 Å². The molecule has 146 valence electrons. The van der Waals surface area contributed by atoms with Crippen LogP contribution in [0.3, 0.4) is 0 Å². The Bertz CT molecular complexity index is 950. The van der Waals surface area contributed by atoms with Crippen molar-refractivity contribution in [2.75, 3.05) is 0 Å². The molecule has 0 aliphatic rings. The van der Waals surface area contributed by atoms with E-state index < -0.39 is 0 Å². The molecule has 4 nitrogen and oxygen atoms in total. The normalized spacial score (nSPS) is 12.0. The molecular weight excluding hydrogens is 434 g/mol. The second-order valence-corrected chi connectivity index (χ2v) is 8.60. The van der Waals surface area contributed by atoms with Crippen LogP contribution < -0.4 is 4.74 Å². The Balaban J connectivity index is 1.78. The molecule has 3 rings (SSSR count). The Morgan fingerprint density at radius 2 is 1.93 bits per heavy atom. The van der Waals surface area contributed by atoms with Gasteiger partial charge in [0.1, 0.15) is 5.75 Å². The highest BCUT2D eigenvalue weighted by molar-refractivity contribution is 9.10. The number of aromatic nitrogens is 3. The molecule has 1 unspecified atom stereocenters. The van der Waals surface area contributed by atoms with Crippen LogP contribution in [0.4, 0.5) is 0 Å². The zero-order valence-corrected chi connectivity index (χ0v) is 18.8. The minimum atomic E-state index is -0.214. The van der Waals surface area contributed by atoms with Crippen molar-refractivity contribution >= 4 is 27.7 Å². The van der Waals surface area contributed by atoms with Gasteiger partial charge < -0.3 is 4.74 Å². The molecule has 1 heterocycles. The molecule has 0 radical (unpaired) electrons. The minimum absolute atomic E-state index is 0.214. The quantitative estimate of drug-likeness (QED) is 0.294. The molecule has 0 aliphatic heterocycles. The summed E-state index contributed by atoms with van der Waals surface area (Å²) in [6.07, 6.45) is 1.65. The Morgan fingerprint density at radius 3 is 2.61 bits per heavy atom. The summed E-state index contributed by atoms with van der Waals surface area (Å²) in [6, 6.07) is 14.5. The van der Waals surface area contributed by atoms with E-state index in [2.05, 4.69) is 69.3 Å². The average Bonchev–Trinajstić information content (AvgIpc) is 3.02. The van der Waals surface area contributed by atoms with Crippen molar-refractivity contribution < 1.29 is 4.74 Å². The first-order chi connectivity index (χ1) is 13.5. The van der Waals surface area contributed by atoms with Crippen LogP contribution in [0.25, 0.3) is 0 Å². The fourth-order valence-electron chi connectivity index (χ4n) is 3.04. The second-order valence-electron chi connectivity index (χ2n) is 6.74. The topological polar surface area (TPSA) is 39.9 Å². The Labute approximate surface area is 179 Å². The number of aryl methyl sites for hydroxylation is 2. The van der Waals surface area contributed by atoms with E-state index in [4.69, 9.17) is 4.74 Å². The molecule has 3 aromatic rings. The first kappa shape index (κ1) is 20.7. The largest absolute Gasteiger partial charge is 0.483 e. The first-order valence-electron chi connectivity index (χ1n) is 9.12. The molecule has 2 aromatic carbocycles. The maximum absolute atomic E-state index is 6.17. The molecule has 0 aliphatic carbocycles. The molecular formula is C22H24BrN3OS. The number of benzene rings is 2. The van der Waals surface area contributed by atoms with Crippen molar-refractivity contribution in [1.82, 2.24) is 14.8 Å². The third kappa shape index (κ3) is 5.26. The summed E-state index contributed by atoms with van der Waals surface area (Å²) < 4.78 is 9.32.